The lowest BCUT2D eigenvalue weighted by Crippen LogP contribution is -2.16. The molecular weight excluding hydrogens is 238 g/mol. The maximum atomic E-state index is 5.83. The number of benzene rings is 1. The van der Waals surface area contributed by atoms with E-state index in [1.807, 2.05) is 24.3 Å². The Kier molecular flexibility index (Phi) is 3.89. The first-order valence-corrected chi connectivity index (χ1v) is 6.99. The van der Waals surface area contributed by atoms with E-state index >= 15 is 0 Å². The largest absolute Gasteiger partial charge is 0.376 e. The van der Waals surface area contributed by atoms with Gasteiger partial charge in [0.05, 0.1) is 18.2 Å². The summed E-state index contributed by atoms with van der Waals surface area (Å²) in [5.74, 6) is 0.889. The molecule has 0 spiro atoms. The highest BCUT2D eigenvalue weighted by atomic mass is 16.5. The normalized spacial score (nSPS) is 16.0. The summed E-state index contributed by atoms with van der Waals surface area (Å²) >= 11 is 0. The van der Waals surface area contributed by atoms with E-state index in [0.717, 1.165) is 29.9 Å². The highest BCUT2D eigenvalue weighted by molar-refractivity contribution is 5.88. The standard InChI is InChI=1S/C15H19N3O/c1-2-6-12(5-1)19-10-9-16-15-13-7-3-4-8-14(13)17-11-18-15/h3-4,7-8,11-12H,1-2,5-6,9-10H2,(H,16,17,18). The van der Waals surface area contributed by atoms with Crippen molar-refractivity contribution < 1.29 is 4.74 Å². The first-order chi connectivity index (χ1) is 9.43. The molecular formula is C15H19N3O. The van der Waals surface area contributed by atoms with E-state index in [0.29, 0.717) is 6.10 Å². The van der Waals surface area contributed by atoms with Gasteiger partial charge in [-0.2, -0.15) is 0 Å². The van der Waals surface area contributed by atoms with Crippen LogP contribution in [0.5, 0.6) is 0 Å². The molecule has 0 saturated heterocycles. The van der Waals surface area contributed by atoms with Crippen molar-refractivity contribution in [3.8, 4) is 0 Å². The second kappa shape index (κ2) is 5.97. The van der Waals surface area contributed by atoms with E-state index in [-0.39, 0.29) is 0 Å². The van der Waals surface area contributed by atoms with Crippen molar-refractivity contribution in [2.24, 2.45) is 0 Å². The quantitative estimate of drug-likeness (QED) is 0.836. The Bertz CT molecular complexity index is 532. The van der Waals surface area contributed by atoms with Crippen molar-refractivity contribution in [1.82, 2.24) is 9.97 Å². The molecule has 1 aromatic carbocycles. The lowest BCUT2D eigenvalue weighted by atomic mass is 10.2. The summed E-state index contributed by atoms with van der Waals surface area (Å²) in [4.78, 5) is 8.55. The van der Waals surface area contributed by atoms with E-state index in [4.69, 9.17) is 4.74 Å². The van der Waals surface area contributed by atoms with Gasteiger partial charge in [-0.25, -0.2) is 9.97 Å². The maximum Gasteiger partial charge on any atom is 0.137 e. The smallest absolute Gasteiger partial charge is 0.137 e. The van der Waals surface area contributed by atoms with Crippen molar-refractivity contribution in [2.75, 3.05) is 18.5 Å². The Hall–Kier alpha value is -1.68. The average molecular weight is 257 g/mol. The van der Waals surface area contributed by atoms with E-state index in [1.165, 1.54) is 25.7 Å². The van der Waals surface area contributed by atoms with E-state index in [1.54, 1.807) is 6.33 Å². The molecule has 4 nitrogen and oxygen atoms in total. The Morgan fingerprint density at radius 3 is 2.89 bits per heavy atom. The summed E-state index contributed by atoms with van der Waals surface area (Å²) in [6.07, 6.45) is 7.14. The number of hydrogen-bond donors (Lipinski definition) is 1. The van der Waals surface area contributed by atoms with Gasteiger partial charge in [0.2, 0.25) is 0 Å². The molecule has 4 heteroatoms. The molecule has 0 aliphatic heterocycles. The molecule has 100 valence electrons. The fourth-order valence-electron chi connectivity index (χ4n) is 2.60. The highest BCUT2D eigenvalue weighted by Gasteiger charge is 2.14. The molecule has 1 heterocycles. The number of ether oxygens (including phenoxy) is 1. The second-order valence-corrected chi connectivity index (χ2v) is 4.94. The third kappa shape index (κ3) is 3.01. The number of rotatable bonds is 5. The number of fused-ring (bicyclic) bond motifs is 1. The minimum atomic E-state index is 0.476. The zero-order valence-corrected chi connectivity index (χ0v) is 11.0. The molecule has 0 unspecified atom stereocenters. The van der Waals surface area contributed by atoms with Crippen LogP contribution in [0.25, 0.3) is 10.9 Å². The van der Waals surface area contributed by atoms with Crippen LogP contribution >= 0.6 is 0 Å². The molecule has 0 atom stereocenters. The molecule has 1 aromatic heterocycles. The SMILES string of the molecule is c1ccc2c(NCCOC3CCCC3)ncnc2c1. The van der Waals surface area contributed by atoms with Gasteiger partial charge in [-0.3, -0.25) is 0 Å². The summed E-state index contributed by atoms with van der Waals surface area (Å²) in [6.45, 7) is 1.53. The summed E-state index contributed by atoms with van der Waals surface area (Å²) < 4.78 is 5.83. The summed E-state index contributed by atoms with van der Waals surface area (Å²) in [5.41, 5.74) is 0.969. The second-order valence-electron chi connectivity index (χ2n) is 4.94. The van der Waals surface area contributed by atoms with E-state index < -0.39 is 0 Å². The lowest BCUT2D eigenvalue weighted by molar-refractivity contribution is 0.0659. The molecule has 19 heavy (non-hydrogen) atoms. The van der Waals surface area contributed by atoms with Crippen LogP contribution in [0, 0.1) is 0 Å². The van der Waals surface area contributed by atoms with Gasteiger partial charge < -0.3 is 10.1 Å². The number of anilines is 1. The van der Waals surface area contributed by atoms with Gasteiger partial charge in [-0.05, 0) is 25.0 Å². The first-order valence-electron chi connectivity index (χ1n) is 6.99. The zero-order valence-electron chi connectivity index (χ0n) is 11.0. The molecule has 1 N–H and O–H groups in total. The van der Waals surface area contributed by atoms with E-state index in [9.17, 15) is 0 Å². The lowest BCUT2D eigenvalue weighted by Gasteiger charge is -2.12. The van der Waals surface area contributed by atoms with Crippen LogP contribution in [0.2, 0.25) is 0 Å². The molecule has 1 fully saturated rings. The van der Waals surface area contributed by atoms with E-state index in [2.05, 4.69) is 15.3 Å². The number of para-hydroxylation sites is 1. The van der Waals surface area contributed by atoms with Crippen molar-refractivity contribution >= 4 is 16.7 Å². The van der Waals surface area contributed by atoms with Gasteiger partial charge in [-0.1, -0.05) is 25.0 Å². The van der Waals surface area contributed by atoms with Gasteiger partial charge in [-0.15, -0.1) is 0 Å². The summed E-state index contributed by atoms with van der Waals surface area (Å²) in [5, 5.41) is 4.40. The minimum absolute atomic E-state index is 0.476. The van der Waals surface area contributed by atoms with Crippen LogP contribution in [0.15, 0.2) is 30.6 Å². The third-order valence-electron chi connectivity index (χ3n) is 3.59. The maximum absolute atomic E-state index is 5.83. The topological polar surface area (TPSA) is 47.0 Å². The summed E-state index contributed by atoms with van der Waals surface area (Å²) in [6, 6.07) is 8.03. The molecule has 1 saturated carbocycles. The zero-order chi connectivity index (χ0) is 12.9. The predicted molar refractivity (Wildman–Crippen MR) is 76.2 cm³/mol. The monoisotopic (exact) mass is 257 g/mol. The summed E-state index contributed by atoms with van der Waals surface area (Å²) in [7, 11) is 0. The fraction of sp³-hybridized carbons (Fsp3) is 0.467. The van der Waals surface area contributed by atoms with Crippen LogP contribution in [0.4, 0.5) is 5.82 Å². The van der Waals surface area contributed by atoms with Crippen molar-refractivity contribution in [1.29, 1.82) is 0 Å². The molecule has 1 aliphatic rings. The van der Waals surface area contributed by atoms with Crippen molar-refractivity contribution in [3.05, 3.63) is 30.6 Å². The number of nitrogens with one attached hydrogen (secondary N) is 1. The Morgan fingerprint density at radius 2 is 2.00 bits per heavy atom. The van der Waals surface area contributed by atoms with Crippen LogP contribution < -0.4 is 5.32 Å². The van der Waals surface area contributed by atoms with Gasteiger partial charge in [0.25, 0.3) is 0 Å². The number of hydrogen-bond acceptors (Lipinski definition) is 4. The van der Waals surface area contributed by atoms with Crippen LogP contribution in [-0.2, 0) is 4.74 Å². The third-order valence-corrected chi connectivity index (χ3v) is 3.59. The average Bonchev–Trinajstić information content (AvgIpc) is 2.97. The van der Waals surface area contributed by atoms with Gasteiger partial charge in [0, 0.05) is 11.9 Å². The van der Waals surface area contributed by atoms with Crippen LogP contribution in [0.3, 0.4) is 0 Å². The molecule has 0 amide bonds. The number of aromatic nitrogens is 2. The highest BCUT2D eigenvalue weighted by Crippen LogP contribution is 2.21. The molecule has 0 bridgehead atoms. The van der Waals surface area contributed by atoms with Gasteiger partial charge in [0.1, 0.15) is 12.1 Å². The van der Waals surface area contributed by atoms with Crippen molar-refractivity contribution in [3.63, 3.8) is 0 Å². The predicted octanol–water partition coefficient (Wildman–Crippen LogP) is 3.00. The molecule has 0 radical (unpaired) electrons. The van der Waals surface area contributed by atoms with Crippen molar-refractivity contribution in [2.45, 2.75) is 31.8 Å². The van der Waals surface area contributed by atoms with Gasteiger partial charge >= 0.3 is 0 Å². The molecule has 1 aliphatic carbocycles. The molecule has 3 rings (SSSR count). The first kappa shape index (κ1) is 12.4. The number of nitrogens with zero attached hydrogens (tertiary/aromatic N) is 2. The Labute approximate surface area is 113 Å². The van der Waals surface area contributed by atoms with Crippen LogP contribution in [0.1, 0.15) is 25.7 Å². The Morgan fingerprint density at radius 1 is 1.16 bits per heavy atom. The Balaban J connectivity index is 1.56. The fourth-order valence-corrected chi connectivity index (χ4v) is 2.60. The van der Waals surface area contributed by atoms with Gasteiger partial charge in [0.15, 0.2) is 0 Å². The molecule has 2 aromatic rings. The van der Waals surface area contributed by atoms with Crippen LogP contribution in [-0.4, -0.2) is 29.2 Å². The minimum Gasteiger partial charge on any atom is -0.376 e.